The molecule has 0 aromatic heterocycles. The molecular formula is C9H18O4S. The van der Waals surface area contributed by atoms with Crippen molar-refractivity contribution in [3.63, 3.8) is 0 Å². The molecule has 0 radical (unpaired) electrons. The van der Waals surface area contributed by atoms with Crippen molar-refractivity contribution in [1.29, 1.82) is 0 Å². The molecule has 4 nitrogen and oxygen atoms in total. The highest BCUT2D eigenvalue weighted by Crippen LogP contribution is 2.00. The third-order valence-corrected chi connectivity index (χ3v) is 3.34. The summed E-state index contributed by atoms with van der Waals surface area (Å²) in [6.45, 7) is 4.74. The lowest BCUT2D eigenvalue weighted by molar-refractivity contribution is -0.140. The molecular weight excluding hydrogens is 204 g/mol. The molecule has 2 atom stereocenters. The number of aliphatic carboxylic acids is 1. The van der Waals surface area contributed by atoms with E-state index < -0.39 is 22.7 Å². The van der Waals surface area contributed by atoms with E-state index in [4.69, 9.17) is 9.84 Å². The fourth-order valence-corrected chi connectivity index (χ4v) is 2.21. The first-order chi connectivity index (χ1) is 6.57. The van der Waals surface area contributed by atoms with Crippen LogP contribution < -0.4 is 0 Å². The first kappa shape index (κ1) is 13.6. The largest absolute Gasteiger partial charge is 0.481 e. The molecule has 0 aliphatic rings. The number of carboxylic acids is 1. The number of hydrogen-bond donors (Lipinski definition) is 1. The zero-order valence-electron chi connectivity index (χ0n) is 8.69. The third-order valence-electron chi connectivity index (χ3n) is 1.72. The fourth-order valence-electron chi connectivity index (χ4n) is 0.900. The summed E-state index contributed by atoms with van der Waals surface area (Å²) in [4.78, 5) is 10.5. The van der Waals surface area contributed by atoms with Crippen LogP contribution in [0.3, 0.4) is 0 Å². The zero-order chi connectivity index (χ0) is 11.0. The molecule has 0 rings (SSSR count). The minimum absolute atomic E-state index is 0.238. The van der Waals surface area contributed by atoms with E-state index in [1.54, 1.807) is 6.92 Å². The van der Waals surface area contributed by atoms with Gasteiger partial charge in [-0.3, -0.25) is 9.00 Å². The Morgan fingerprint density at radius 2 is 2.21 bits per heavy atom. The first-order valence-electron chi connectivity index (χ1n) is 4.73. The lowest BCUT2D eigenvalue weighted by Crippen LogP contribution is -2.19. The average molecular weight is 222 g/mol. The maximum Gasteiger partial charge on any atom is 0.307 e. The van der Waals surface area contributed by atoms with Crippen molar-refractivity contribution in [1.82, 2.24) is 0 Å². The number of hydrogen-bond acceptors (Lipinski definition) is 3. The van der Waals surface area contributed by atoms with Crippen LogP contribution in [0.2, 0.25) is 0 Å². The summed E-state index contributed by atoms with van der Waals surface area (Å²) in [6, 6.07) is 0. The van der Waals surface area contributed by atoms with Crippen molar-refractivity contribution in [3.05, 3.63) is 0 Å². The fraction of sp³-hybridized carbons (Fsp3) is 0.889. The first-order valence-corrected chi connectivity index (χ1v) is 6.22. The molecule has 0 bridgehead atoms. The average Bonchev–Trinajstić information content (AvgIpc) is 2.12. The molecule has 0 aromatic rings. The molecule has 0 heterocycles. The van der Waals surface area contributed by atoms with Crippen LogP contribution in [-0.4, -0.2) is 40.0 Å². The molecule has 0 aromatic carbocycles. The summed E-state index contributed by atoms with van der Waals surface area (Å²) in [6.07, 6.45) is 0.729. The van der Waals surface area contributed by atoms with Gasteiger partial charge < -0.3 is 9.84 Å². The van der Waals surface area contributed by atoms with E-state index in [9.17, 15) is 9.00 Å². The second-order valence-electron chi connectivity index (χ2n) is 3.10. The van der Waals surface area contributed by atoms with Crippen molar-refractivity contribution in [2.75, 3.05) is 24.7 Å². The lowest BCUT2D eigenvalue weighted by Gasteiger charge is -2.05. The Morgan fingerprint density at radius 1 is 1.57 bits per heavy atom. The highest BCUT2D eigenvalue weighted by molar-refractivity contribution is 7.85. The van der Waals surface area contributed by atoms with Gasteiger partial charge in [0.2, 0.25) is 0 Å². The molecule has 14 heavy (non-hydrogen) atoms. The Balaban J connectivity index is 3.50. The van der Waals surface area contributed by atoms with Gasteiger partial charge in [-0.2, -0.15) is 0 Å². The zero-order valence-corrected chi connectivity index (χ0v) is 9.51. The maximum atomic E-state index is 11.3. The second-order valence-corrected chi connectivity index (χ2v) is 4.72. The second kappa shape index (κ2) is 7.94. The highest BCUT2D eigenvalue weighted by atomic mass is 32.2. The topological polar surface area (TPSA) is 63.6 Å². The van der Waals surface area contributed by atoms with Gasteiger partial charge in [0.1, 0.15) is 0 Å². The molecule has 0 fully saturated rings. The highest BCUT2D eigenvalue weighted by Gasteiger charge is 2.14. The van der Waals surface area contributed by atoms with Gasteiger partial charge in [0.15, 0.2) is 0 Å². The quantitative estimate of drug-likeness (QED) is 0.619. The van der Waals surface area contributed by atoms with Crippen LogP contribution in [-0.2, 0) is 20.3 Å². The maximum absolute atomic E-state index is 11.3. The minimum Gasteiger partial charge on any atom is -0.481 e. The minimum atomic E-state index is -1.03. The van der Waals surface area contributed by atoms with Crippen molar-refractivity contribution in [3.8, 4) is 0 Å². The Hall–Kier alpha value is -0.420. The summed E-state index contributed by atoms with van der Waals surface area (Å²) in [5.41, 5.74) is 0. The van der Waals surface area contributed by atoms with Gasteiger partial charge in [0.05, 0.1) is 5.92 Å². The molecule has 2 unspecified atom stereocenters. The van der Waals surface area contributed by atoms with Crippen LogP contribution in [0.4, 0.5) is 0 Å². The smallest absolute Gasteiger partial charge is 0.307 e. The summed E-state index contributed by atoms with van der Waals surface area (Å²) >= 11 is 0. The summed E-state index contributed by atoms with van der Waals surface area (Å²) in [5.74, 6) is -0.648. The number of rotatable bonds is 8. The van der Waals surface area contributed by atoms with Crippen LogP contribution in [0, 0.1) is 5.92 Å². The van der Waals surface area contributed by atoms with Crippen molar-refractivity contribution < 1.29 is 18.8 Å². The van der Waals surface area contributed by atoms with Crippen molar-refractivity contribution >= 4 is 16.8 Å². The van der Waals surface area contributed by atoms with Crippen LogP contribution in [0.15, 0.2) is 0 Å². The Morgan fingerprint density at radius 3 is 2.71 bits per heavy atom. The normalized spacial score (nSPS) is 15.0. The number of carbonyl (C=O) groups is 1. The molecule has 0 saturated carbocycles. The van der Waals surface area contributed by atoms with Gasteiger partial charge in [-0.15, -0.1) is 0 Å². The summed E-state index contributed by atoms with van der Waals surface area (Å²) in [5, 5.41) is 8.58. The lowest BCUT2D eigenvalue weighted by atomic mass is 10.2. The molecule has 1 N–H and O–H groups in total. The Bertz CT molecular complexity index is 193. The Kier molecular flexibility index (Phi) is 7.70. The predicted octanol–water partition coefficient (Wildman–Crippen LogP) is 0.882. The molecule has 0 aliphatic carbocycles. The van der Waals surface area contributed by atoms with Crippen LogP contribution in [0.5, 0.6) is 0 Å². The van der Waals surface area contributed by atoms with E-state index in [0.29, 0.717) is 19.0 Å². The van der Waals surface area contributed by atoms with E-state index in [-0.39, 0.29) is 5.75 Å². The van der Waals surface area contributed by atoms with Crippen LogP contribution >= 0.6 is 0 Å². The molecule has 0 amide bonds. The Labute approximate surface area is 87.1 Å². The third kappa shape index (κ3) is 7.03. The summed E-state index contributed by atoms with van der Waals surface area (Å²) < 4.78 is 16.4. The van der Waals surface area contributed by atoms with Gasteiger partial charge in [-0.25, -0.2) is 0 Å². The van der Waals surface area contributed by atoms with E-state index in [1.807, 2.05) is 6.92 Å². The molecule has 5 heteroatoms. The molecule has 0 saturated heterocycles. The standard InChI is InChI=1S/C9H18O4S/c1-3-13-5-4-6-14(12)7-8(2)9(10)11/h8H,3-7H2,1-2H3,(H,10,11). The van der Waals surface area contributed by atoms with Crippen molar-refractivity contribution in [2.24, 2.45) is 5.92 Å². The van der Waals surface area contributed by atoms with Gasteiger partial charge in [-0.1, -0.05) is 6.92 Å². The number of ether oxygens (including phenoxy) is 1. The van der Waals surface area contributed by atoms with Gasteiger partial charge >= 0.3 is 5.97 Å². The molecule has 0 spiro atoms. The predicted molar refractivity (Wildman–Crippen MR) is 55.8 cm³/mol. The van der Waals surface area contributed by atoms with Gasteiger partial charge in [0.25, 0.3) is 0 Å². The van der Waals surface area contributed by atoms with Crippen molar-refractivity contribution in [2.45, 2.75) is 20.3 Å². The monoisotopic (exact) mass is 222 g/mol. The molecule has 84 valence electrons. The molecule has 0 aliphatic heterocycles. The van der Waals surface area contributed by atoms with E-state index in [2.05, 4.69) is 0 Å². The van der Waals surface area contributed by atoms with E-state index in [0.717, 1.165) is 6.42 Å². The number of carboxylic acid groups (broad SMARTS) is 1. The summed E-state index contributed by atoms with van der Waals surface area (Å²) in [7, 11) is -1.03. The van der Waals surface area contributed by atoms with Gasteiger partial charge in [-0.05, 0) is 13.3 Å². The SMILES string of the molecule is CCOCCCS(=O)CC(C)C(=O)O. The van der Waals surface area contributed by atoms with E-state index in [1.165, 1.54) is 0 Å². The van der Waals surface area contributed by atoms with Gasteiger partial charge in [0, 0.05) is 35.5 Å². The van der Waals surface area contributed by atoms with E-state index >= 15 is 0 Å². The van der Waals surface area contributed by atoms with Crippen LogP contribution in [0.25, 0.3) is 0 Å². The van der Waals surface area contributed by atoms with Crippen LogP contribution in [0.1, 0.15) is 20.3 Å².